The molecular formula is C13H19ClN2O7. The van der Waals surface area contributed by atoms with E-state index in [-0.39, 0.29) is 12.3 Å². The zero-order chi connectivity index (χ0) is 17.8. The summed E-state index contributed by atoms with van der Waals surface area (Å²) in [4.78, 5) is 21.5. The molecule has 0 radical (unpaired) electrons. The SMILES string of the molecule is CCOC(=O)/C(Cl)=N/O.CCOC(=O)c1cc(CC(C)O)on1. The van der Waals surface area contributed by atoms with Gasteiger partial charge >= 0.3 is 11.9 Å². The van der Waals surface area contributed by atoms with Crippen molar-refractivity contribution in [3.8, 4) is 0 Å². The number of hydrogen-bond donors (Lipinski definition) is 2. The summed E-state index contributed by atoms with van der Waals surface area (Å²) in [6.07, 6.45) is -0.176. The highest BCUT2D eigenvalue weighted by atomic mass is 35.5. The third-order valence-corrected chi connectivity index (χ3v) is 2.30. The van der Waals surface area contributed by atoms with E-state index in [9.17, 15) is 9.59 Å². The molecule has 1 rings (SSSR count). The predicted octanol–water partition coefficient (Wildman–Crippen LogP) is 1.35. The first-order valence-electron chi connectivity index (χ1n) is 6.71. The molecular weight excluding hydrogens is 332 g/mol. The topological polar surface area (TPSA) is 131 Å². The van der Waals surface area contributed by atoms with Crippen LogP contribution in [0.3, 0.4) is 0 Å². The van der Waals surface area contributed by atoms with Crippen LogP contribution in [0.15, 0.2) is 15.7 Å². The molecule has 0 bridgehead atoms. The van der Waals surface area contributed by atoms with Crippen molar-refractivity contribution in [3.05, 3.63) is 17.5 Å². The van der Waals surface area contributed by atoms with Gasteiger partial charge in [0.1, 0.15) is 5.76 Å². The van der Waals surface area contributed by atoms with E-state index in [1.54, 1.807) is 20.8 Å². The predicted molar refractivity (Wildman–Crippen MR) is 79.6 cm³/mol. The summed E-state index contributed by atoms with van der Waals surface area (Å²) in [7, 11) is 0. The summed E-state index contributed by atoms with van der Waals surface area (Å²) in [6, 6.07) is 1.48. The number of aliphatic hydroxyl groups is 1. The fourth-order valence-electron chi connectivity index (χ4n) is 1.23. The molecule has 0 spiro atoms. The van der Waals surface area contributed by atoms with Crippen molar-refractivity contribution in [3.63, 3.8) is 0 Å². The van der Waals surface area contributed by atoms with E-state index in [2.05, 4.69) is 15.0 Å². The van der Waals surface area contributed by atoms with E-state index < -0.39 is 23.2 Å². The summed E-state index contributed by atoms with van der Waals surface area (Å²) in [5.74, 6) is -0.849. The molecule has 0 saturated heterocycles. The van der Waals surface area contributed by atoms with Crippen LogP contribution < -0.4 is 0 Å². The van der Waals surface area contributed by atoms with Crippen LogP contribution in [0.1, 0.15) is 37.0 Å². The summed E-state index contributed by atoms with van der Waals surface area (Å²) in [5, 5.41) is 22.3. The molecule has 23 heavy (non-hydrogen) atoms. The number of esters is 2. The third-order valence-electron chi connectivity index (χ3n) is 2.07. The lowest BCUT2D eigenvalue weighted by Crippen LogP contribution is -2.11. The Labute approximate surface area is 137 Å². The number of carbonyl (C=O) groups is 2. The Balaban J connectivity index is 0.000000468. The van der Waals surface area contributed by atoms with Gasteiger partial charge in [0.2, 0.25) is 0 Å². The molecule has 9 nitrogen and oxygen atoms in total. The van der Waals surface area contributed by atoms with Crippen molar-refractivity contribution in [2.75, 3.05) is 13.2 Å². The lowest BCUT2D eigenvalue weighted by atomic mass is 10.2. The van der Waals surface area contributed by atoms with Crippen molar-refractivity contribution in [1.82, 2.24) is 5.16 Å². The number of halogens is 1. The fraction of sp³-hybridized carbons (Fsp3) is 0.538. The molecule has 1 atom stereocenters. The van der Waals surface area contributed by atoms with Crippen molar-refractivity contribution in [2.24, 2.45) is 5.16 Å². The number of aromatic nitrogens is 1. The third kappa shape index (κ3) is 8.79. The minimum Gasteiger partial charge on any atom is -0.461 e. The van der Waals surface area contributed by atoms with Crippen LogP contribution in [-0.4, -0.2) is 51.9 Å². The highest BCUT2D eigenvalue weighted by molar-refractivity contribution is 6.81. The second-order valence-corrected chi connectivity index (χ2v) is 4.42. The van der Waals surface area contributed by atoms with Crippen LogP contribution in [0, 0.1) is 0 Å². The quantitative estimate of drug-likeness (QED) is 0.340. The first-order chi connectivity index (χ1) is 10.8. The summed E-state index contributed by atoms with van der Waals surface area (Å²) < 4.78 is 13.9. The number of nitrogens with zero attached hydrogens (tertiary/aromatic N) is 2. The lowest BCUT2D eigenvalue weighted by Gasteiger charge is -1.96. The maximum atomic E-state index is 11.1. The van der Waals surface area contributed by atoms with Gasteiger partial charge < -0.3 is 24.3 Å². The average molecular weight is 351 g/mol. The van der Waals surface area contributed by atoms with Crippen molar-refractivity contribution in [2.45, 2.75) is 33.3 Å². The minimum atomic E-state index is -0.818. The second kappa shape index (κ2) is 11.4. The van der Waals surface area contributed by atoms with Crippen LogP contribution in [-0.2, 0) is 20.7 Å². The second-order valence-electron chi connectivity index (χ2n) is 4.06. The van der Waals surface area contributed by atoms with Crippen molar-refractivity contribution < 1.29 is 33.9 Å². The molecule has 0 fully saturated rings. The minimum absolute atomic E-state index is 0.141. The van der Waals surface area contributed by atoms with E-state index in [1.165, 1.54) is 6.07 Å². The molecule has 1 aromatic rings. The van der Waals surface area contributed by atoms with Crippen molar-refractivity contribution >= 4 is 28.7 Å². The largest absolute Gasteiger partial charge is 0.461 e. The lowest BCUT2D eigenvalue weighted by molar-refractivity contribution is -0.134. The van der Waals surface area contributed by atoms with Gasteiger partial charge in [0, 0.05) is 12.5 Å². The zero-order valence-electron chi connectivity index (χ0n) is 13.0. The van der Waals surface area contributed by atoms with E-state index in [0.717, 1.165) is 0 Å². The average Bonchev–Trinajstić information content (AvgIpc) is 2.95. The molecule has 0 aliphatic heterocycles. The van der Waals surface area contributed by atoms with Crippen molar-refractivity contribution in [1.29, 1.82) is 0 Å². The Kier molecular flexibility index (Phi) is 10.4. The molecule has 0 amide bonds. The van der Waals surface area contributed by atoms with Gasteiger partial charge in [0.25, 0.3) is 5.17 Å². The fourth-order valence-corrected chi connectivity index (χ4v) is 1.29. The molecule has 130 valence electrons. The highest BCUT2D eigenvalue weighted by Gasteiger charge is 2.14. The number of hydrogen-bond acceptors (Lipinski definition) is 9. The smallest absolute Gasteiger partial charge is 0.372 e. The monoisotopic (exact) mass is 350 g/mol. The van der Waals surface area contributed by atoms with Gasteiger partial charge in [0.05, 0.1) is 19.3 Å². The van der Waals surface area contributed by atoms with Gasteiger partial charge in [-0.2, -0.15) is 0 Å². The van der Waals surface area contributed by atoms with Gasteiger partial charge in [-0.25, -0.2) is 9.59 Å². The standard InChI is InChI=1S/C9H13NO4.C4H6ClNO3/c1-3-13-9(12)8-5-7(14-10-8)4-6(2)11;1-2-9-4(7)3(5)6-8/h5-6,11H,3-4H2,1-2H3;8H,2H2,1H3/b;6-3-. The maximum absolute atomic E-state index is 11.1. The molecule has 1 heterocycles. The molecule has 0 aliphatic carbocycles. The molecule has 10 heteroatoms. The van der Waals surface area contributed by atoms with E-state index >= 15 is 0 Å². The van der Waals surface area contributed by atoms with Gasteiger partial charge in [-0.1, -0.05) is 21.9 Å². The Morgan fingerprint density at radius 3 is 2.48 bits per heavy atom. The molecule has 2 N–H and O–H groups in total. The van der Waals surface area contributed by atoms with Gasteiger partial charge in [-0.3, -0.25) is 0 Å². The molecule has 1 unspecified atom stereocenters. The van der Waals surface area contributed by atoms with E-state index in [0.29, 0.717) is 18.8 Å². The molecule has 0 saturated carbocycles. The Hall–Kier alpha value is -2.13. The normalized spacial score (nSPS) is 12.0. The van der Waals surface area contributed by atoms with Crippen LogP contribution in [0.5, 0.6) is 0 Å². The maximum Gasteiger partial charge on any atom is 0.372 e. The molecule has 0 aliphatic rings. The summed E-state index contributed by atoms with van der Waals surface area (Å²) >= 11 is 5.02. The summed E-state index contributed by atoms with van der Waals surface area (Å²) in [6.45, 7) is 5.49. The molecule has 1 aromatic heterocycles. The van der Waals surface area contributed by atoms with Crippen LogP contribution >= 0.6 is 11.6 Å². The Bertz CT molecular complexity index is 528. The van der Waals surface area contributed by atoms with Crippen LogP contribution in [0.25, 0.3) is 0 Å². The van der Waals surface area contributed by atoms with Gasteiger partial charge in [-0.15, -0.1) is 0 Å². The van der Waals surface area contributed by atoms with E-state index in [1.807, 2.05) is 0 Å². The molecule has 0 aromatic carbocycles. The number of ether oxygens (including phenoxy) is 2. The van der Waals surface area contributed by atoms with Crippen LogP contribution in [0.4, 0.5) is 0 Å². The Morgan fingerprint density at radius 2 is 2.00 bits per heavy atom. The first-order valence-corrected chi connectivity index (χ1v) is 7.08. The van der Waals surface area contributed by atoms with Crippen LogP contribution in [0.2, 0.25) is 0 Å². The zero-order valence-corrected chi connectivity index (χ0v) is 13.7. The number of aliphatic hydroxyl groups excluding tert-OH is 1. The van der Waals surface area contributed by atoms with E-state index in [4.69, 9.17) is 31.2 Å². The first kappa shape index (κ1) is 20.9. The highest BCUT2D eigenvalue weighted by Crippen LogP contribution is 2.07. The van der Waals surface area contributed by atoms with Gasteiger partial charge in [-0.05, 0) is 20.8 Å². The number of oxime groups is 1. The number of rotatable bonds is 6. The Morgan fingerprint density at radius 1 is 1.39 bits per heavy atom. The summed E-state index contributed by atoms with van der Waals surface area (Å²) in [5.41, 5.74) is 0.141. The number of carbonyl (C=O) groups excluding carboxylic acids is 2. The van der Waals surface area contributed by atoms with Gasteiger partial charge in [0.15, 0.2) is 5.69 Å².